The van der Waals surface area contributed by atoms with E-state index in [0.29, 0.717) is 0 Å². The summed E-state index contributed by atoms with van der Waals surface area (Å²) in [5, 5.41) is 0. The minimum Gasteiger partial charge on any atom is -0.301 e. The molecule has 1 aromatic carbocycles. The monoisotopic (exact) mass is 253 g/mol. The molecule has 1 rings (SSSR count). The maximum absolute atomic E-state index is 3.34. The molecule has 0 N–H and O–H groups in total. The van der Waals surface area contributed by atoms with Gasteiger partial charge in [-0.05, 0) is 25.9 Å². The van der Waals surface area contributed by atoms with Crippen molar-refractivity contribution in [2.24, 2.45) is 0 Å². The molecule has 0 atom stereocenters. The van der Waals surface area contributed by atoms with Crippen LogP contribution in [0.25, 0.3) is 0 Å². The summed E-state index contributed by atoms with van der Waals surface area (Å²) >= 11 is 0. The molecule has 0 aliphatic rings. The number of rotatable bonds is 10. The largest absolute Gasteiger partial charge is 1.00 e. The Hall–Kier alpha value is -0.223. The van der Waals surface area contributed by atoms with E-state index in [9.17, 15) is 0 Å². The Balaban J connectivity index is 0.00000324. The van der Waals surface area contributed by atoms with Gasteiger partial charge in [-0.15, -0.1) is 5.56 Å². The van der Waals surface area contributed by atoms with Gasteiger partial charge in [0.25, 0.3) is 0 Å². The van der Waals surface area contributed by atoms with Crippen LogP contribution in [0.1, 0.15) is 57.9 Å². The number of hydrogen-bond acceptors (Lipinski definition) is 1. The molecule has 0 aromatic heterocycles. The molecule has 1 aromatic rings. The van der Waals surface area contributed by atoms with E-state index in [4.69, 9.17) is 0 Å². The summed E-state index contributed by atoms with van der Waals surface area (Å²) in [7, 11) is 0. The predicted molar refractivity (Wildman–Crippen MR) is 79.6 cm³/mol. The molecule has 2 heteroatoms. The van der Waals surface area contributed by atoms with Gasteiger partial charge in [0.05, 0.1) is 0 Å². The molecule has 0 saturated heterocycles. The second-order valence-corrected chi connectivity index (χ2v) is 5.08. The van der Waals surface area contributed by atoms with E-state index >= 15 is 0 Å². The third-order valence-electron chi connectivity index (χ3n) is 3.32. The Morgan fingerprint density at radius 3 is 2.05 bits per heavy atom. The fraction of sp³-hybridized carbons (Fsp3) is 0.647. The van der Waals surface area contributed by atoms with E-state index in [1.165, 1.54) is 57.2 Å². The van der Waals surface area contributed by atoms with Gasteiger partial charge in [-0.1, -0.05) is 39.5 Å². The molecule has 0 heterocycles. The summed E-state index contributed by atoms with van der Waals surface area (Å²) in [6.07, 6.45) is 7.97. The van der Waals surface area contributed by atoms with Crippen LogP contribution in [0.3, 0.4) is 0 Å². The molecule has 0 amide bonds. The van der Waals surface area contributed by atoms with Crippen molar-refractivity contribution in [2.45, 2.75) is 58.9 Å². The van der Waals surface area contributed by atoms with Crippen molar-refractivity contribution in [3.8, 4) is 0 Å². The van der Waals surface area contributed by atoms with E-state index in [0.717, 1.165) is 6.54 Å². The van der Waals surface area contributed by atoms with Crippen LogP contribution in [0.15, 0.2) is 24.3 Å². The quantitative estimate of drug-likeness (QED) is 0.348. The number of benzene rings is 1. The van der Waals surface area contributed by atoms with Gasteiger partial charge in [-0.3, -0.25) is 0 Å². The summed E-state index contributed by atoms with van der Waals surface area (Å²) < 4.78 is 0. The fourth-order valence-corrected chi connectivity index (χ4v) is 2.21. The fourth-order valence-electron chi connectivity index (χ4n) is 2.21. The van der Waals surface area contributed by atoms with Crippen LogP contribution >= 0.6 is 0 Å². The van der Waals surface area contributed by atoms with Gasteiger partial charge >= 0.3 is 18.9 Å². The molecular formula is C17H28LiN. The minimum atomic E-state index is 0. The van der Waals surface area contributed by atoms with Gasteiger partial charge in [0, 0.05) is 6.54 Å². The van der Waals surface area contributed by atoms with Crippen molar-refractivity contribution >= 4 is 0 Å². The van der Waals surface area contributed by atoms with Crippen molar-refractivity contribution in [2.75, 3.05) is 13.1 Å². The molecular weight excluding hydrogens is 225 g/mol. The SMILES string of the molecule is CCCCCN(CCCCC)Cc1[c-]cccc1.[Li+]. The van der Waals surface area contributed by atoms with Crippen LogP contribution in [-0.4, -0.2) is 18.0 Å². The molecule has 0 aliphatic heterocycles. The van der Waals surface area contributed by atoms with E-state index in [1.54, 1.807) is 0 Å². The van der Waals surface area contributed by atoms with E-state index in [2.05, 4.69) is 36.9 Å². The molecule has 19 heavy (non-hydrogen) atoms. The topological polar surface area (TPSA) is 3.24 Å². The van der Waals surface area contributed by atoms with Gasteiger partial charge in [0.2, 0.25) is 0 Å². The number of hydrogen-bond donors (Lipinski definition) is 0. The zero-order valence-electron chi connectivity index (χ0n) is 13.1. The Morgan fingerprint density at radius 1 is 0.947 bits per heavy atom. The molecule has 0 aliphatic carbocycles. The maximum Gasteiger partial charge on any atom is 1.00 e. The molecule has 0 unspecified atom stereocenters. The number of unbranched alkanes of at least 4 members (excludes halogenated alkanes) is 4. The number of nitrogens with zero attached hydrogens (tertiary/aromatic N) is 1. The third kappa shape index (κ3) is 9.33. The third-order valence-corrected chi connectivity index (χ3v) is 3.32. The van der Waals surface area contributed by atoms with Gasteiger partial charge < -0.3 is 4.90 Å². The Labute approximate surface area is 132 Å². The van der Waals surface area contributed by atoms with Crippen molar-refractivity contribution < 1.29 is 18.9 Å². The summed E-state index contributed by atoms with van der Waals surface area (Å²) in [6, 6.07) is 11.7. The second-order valence-electron chi connectivity index (χ2n) is 5.08. The van der Waals surface area contributed by atoms with Crippen LogP contribution in [-0.2, 0) is 6.54 Å². The standard InChI is InChI=1S/C17H28N.Li/c1-3-5-10-14-18(15-11-6-4-2)16-17-12-8-7-9-13-17;/h7-9,12H,3-6,10-11,14-16H2,1-2H3;/q-1;+1. The van der Waals surface area contributed by atoms with Gasteiger partial charge in [-0.2, -0.15) is 30.3 Å². The van der Waals surface area contributed by atoms with E-state index < -0.39 is 0 Å². The molecule has 0 bridgehead atoms. The van der Waals surface area contributed by atoms with Gasteiger partial charge in [0.1, 0.15) is 0 Å². The molecule has 1 nitrogen and oxygen atoms in total. The van der Waals surface area contributed by atoms with Crippen LogP contribution < -0.4 is 18.9 Å². The van der Waals surface area contributed by atoms with Gasteiger partial charge in [-0.25, -0.2) is 0 Å². The van der Waals surface area contributed by atoms with Crippen LogP contribution in [0.2, 0.25) is 0 Å². The summed E-state index contributed by atoms with van der Waals surface area (Å²) in [4.78, 5) is 2.59. The normalized spacial score (nSPS) is 10.5. The average Bonchev–Trinajstić information content (AvgIpc) is 2.40. The maximum atomic E-state index is 3.34. The first-order valence-electron chi connectivity index (χ1n) is 7.54. The zero-order valence-corrected chi connectivity index (χ0v) is 13.1. The summed E-state index contributed by atoms with van der Waals surface area (Å²) in [6.45, 7) is 8.08. The van der Waals surface area contributed by atoms with Crippen LogP contribution in [0.5, 0.6) is 0 Å². The Bertz CT molecular complexity index is 277. The van der Waals surface area contributed by atoms with Crippen molar-refractivity contribution in [3.63, 3.8) is 0 Å². The molecule has 102 valence electrons. The summed E-state index contributed by atoms with van der Waals surface area (Å²) in [5.41, 5.74) is 1.32. The van der Waals surface area contributed by atoms with Gasteiger partial charge in [0.15, 0.2) is 0 Å². The molecule has 0 saturated carbocycles. The smallest absolute Gasteiger partial charge is 0.301 e. The van der Waals surface area contributed by atoms with Crippen LogP contribution in [0, 0.1) is 6.07 Å². The Morgan fingerprint density at radius 2 is 1.58 bits per heavy atom. The molecule has 0 radical (unpaired) electrons. The Kier molecular flexibility index (Phi) is 12.6. The first-order chi connectivity index (χ1) is 8.86. The van der Waals surface area contributed by atoms with Crippen LogP contribution in [0.4, 0.5) is 0 Å². The van der Waals surface area contributed by atoms with Crippen molar-refractivity contribution in [1.82, 2.24) is 4.90 Å². The average molecular weight is 253 g/mol. The van der Waals surface area contributed by atoms with Crippen molar-refractivity contribution in [3.05, 3.63) is 35.9 Å². The summed E-state index contributed by atoms with van der Waals surface area (Å²) in [5.74, 6) is 0. The first-order valence-corrected chi connectivity index (χ1v) is 7.54. The first kappa shape index (κ1) is 18.8. The molecule has 0 spiro atoms. The van der Waals surface area contributed by atoms with E-state index in [1.807, 2.05) is 12.1 Å². The molecule has 0 fully saturated rings. The van der Waals surface area contributed by atoms with Crippen molar-refractivity contribution in [1.29, 1.82) is 0 Å². The zero-order chi connectivity index (χ0) is 13.1. The minimum absolute atomic E-state index is 0. The second kappa shape index (κ2) is 12.8. The van der Waals surface area contributed by atoms with E-state index in [-0.39, 0.29) is 18.9 Å². The predicted octanol–water partition coefficient (Wildman–Crippen LogP) is 1.67.